The van der Waals surface area contributed by atoms with Crippen LogP contribution in [-0.4, -0.2) is 31.8 Å². The molecule has 0 bridgehead atoms. The van der Waals surface area contributed by atoms with Crippen molar-refractivity contribution in [2.24, 2.45) is 10.7 Å². The molecule has 0 radical (unpaired) electrons. The van der Waals surface area contributed by atoms with Gasteiger partial charge in [0.15, 0.2) is 5.96 Å². The Balaban J connectivity index is 1.98. The van der Waals surface area contributed by atoms with E-state index in [0.717, 1.165) is 26.1 Å². The lowest BCUT2D eigenvalue weighted by atomic mass is 9.98. The number of aliphatic imine (C=N–C) groups is 1. The first-order valence-electron chi connectivity index (χ1n) is 6.48. The Bertz CT molecular complexity index is 200. The maximum absolute atomic E-state index is 5.76. The van der Waals surface area contributed by atoms with E-state index < -0.39 is 0 Å². The van der Waals surface area contributed by atoms with Crippen molar-refractivity contribution >= 4 is 5.96 Å². The van der Waals surface area contributed by atoms with Crippen molar-refractivity contribution in [1.82, 2.24) is 5.32 Å². The summed E-state index contributed by atoms with van der Waals surface area (Å²) in [7, 11) is 0. The molecule has 0 atom stereocenters. The number of ether oxygens (including phenoxy) is 1. The molecule has 94 valence electrons. The van der Waals surface area contributed by atoms with Gasteiger partial charge >= 0.3 is 0 Å². The summed E-state index contributed by atoms with van der Waals surface area (Å²) in [6.45, 7) is 4.37. The zero-order valence-corrected chi connectivity index (χ0v) is 10.4. The summed E-state index contributed by atoms with van der Waals surface area (Å²) in [4.78, 5) is 4.15. The molecule has 0 saturated heterocycles. The van der Waals surface area contributed by atoms with Crippen molar-refractivity contribution in [3.05, 3.63) is 0 Å². The Kier molecular flexibility index (Phi) is 6.97. The quantitative estimate of drug-likeness (QED) is 0.412. The fraction of sp³-hybridized carbons (Fsp3) is 0.917. The second-order valence-corrected chi connectivity index (χ2v) is 4.32. The van der Waals surface area contributed by atoms with E-state index in [-0.39, 0.29) is 0 Å². The van der Waals surface area contributed by atoms with Gasteiger partial charge in [-0.25, -0.2) is 0 Å². The molecule has 0 aromatic rings. The molecule has 1 aliphatic carbocycles. The lowest BCUT2D eigenvalue weighted by Gasteiger charge is -2.22. The van der Waals surface area contributed by atoms with Gasteiger partial charge in [-0.05, 0) is 19.3 Å². The summed E-state index contributed by atoms with van der Waals surface area (Å²) >= 11 is 0. The summed E-state index contributed by atoms with van der Waals surface area (Å²) in [5.41, 5.74) is 5.66. The number of rotatable bonds is 6. The van der Waals surface area contributed by atoms with Gasteiger partial charge in [-0.3, -0.25) is 4.99 Å². The summed E-state index contributed by atoms with van der Waals surface area (Å²) in [6.07, 6.45) is 7.95. The highest BCUT2D eigenvalue weighted by Gasteiger charge is 2.12. The van der Waals surface area contributed by atoms with E-state index in [0.29, 0.717) is 12.1 Å². The third kappa shape index (κ3) is 5.95. The fourth-order valence-electron chi connectivity index (χ4n) is 1.92. The molecule has 4 heteroatoms. The number of hydrogen-bond donors (Lipinski definition) is 2. The Morgan fingerprint density at radius 1 is 1.38 bits per heavy atom. The van der Waals surface area contributed by atoms with Crippen LogP contribution < -0.4 is 11.1 Å². The van der Waals surface area contributed by atoms with Crippen molar-refractivity contribution < 1.29 is 4.74 Å². The molecule has 1 saturated carbocycles. The summed E-state index contributed by atoms with van der Waals surface area (Å²) in [5.74, 6) is 0.536. The molecule has 0 aliphatic heterocycles. The van der Waals surface area contributed by atoms with Gasteiger partial charge in [-0.1, -0.05) is 26.2 Å². The predicted octanol–water partition coefficient (Wildman–Crippen LogP) is 1.65. The van der Waals surface area contributed by atoms with E-state index >= 15 is 0 Å². The molecule has 0 amide bonds. The van der Waals surface area contributed by atoms with Gasteiger partial charge in [0.05, 0.1) is 12.7 Å². The minimum atomic E-state index is 0.476. The average molecular weight is 227 g/mol. The molecule has 0 aromatic heterocycles. The standard InChI is InChI=1S/C12H25N3O/c1-2-8-14-12(13)15-9-10-16-11-6-4-3-5-7-11/h11H,2-10H2,1H3,(H3,13,14,15). The van der Waals surface area contributed by atoms with Crippen molar-refractivity contribution in [2.45, 2.75) is 51.6 Å². The maximum Gasteiger partial charge on any atom is 0.188 e. The molecule has 0 heterocycles. The molecule has 1 aliphatic rings. The van der Waals surface area contributed by atoms with Crippen molar-refractivity contribution in [3.63, 3.8) is 0 Å². The molecule has 0 unspecified atom stereocenters. The highest BCUT2D eigenvalue weighted by Crippen LogP contribution is 2.19. The average Bonchev–Trinajstić information content (AvgIpc) is 2.33. The van der Waals surface area contributed by atoms with Crippen LogP contribution in [0.25, 0.3) is 0 Å². The molecular weight excluding hydrogens is 202 g/mol. The Morgan fingerprint density at radius 3 is 2.81 bits per heavy atom. The smallest absolute Gasteiger partial charge is 0.188 e. The molecule has 3 N–H and O–H groups in total. The van der Waals surface area contributed by atoms with E-state index in [2.05, 4.69) is 17.2 Å². The van der Waals surface area contributed by atoms with Crippen molar-refractivity contribution in [2.75, 3.05) is 19.7 Å². The second-order valence-electron chi connectivity index (χ2n) is 4.32. The molecule has 1 rings (SSSR count). The van der Waals surface area contributed by atoms with Gasteiger partial charge in [-0.2, -0.15) is 0 Å². The van der Waals surface area contributed by atoms with Crippen molar-refractivity contribution in [3.8, 4) is 0 Å². The van der Waals surface area contributed by atoms with Gasteiger partial charge < -0.3 is 15.8 Å². The normalized spacial score (nSPS) is 18.7. The van der Waals surface area contributed by atoms with E-state index in [1.807, 2.05) is 0 Å². The first kappa shape index (κ1) is 13.3. The molecule has 1 fully saturated rings. The first-order valence-corrected chi connectivity index (χ1v) is 6.48. The van der Waals surface area contributed by atoms with Crippen LogP contribution in [0.1, 0.15) is 45.4 Å². The number of nitrogens with two attached hydrogens (primary N) is 1. The lowest BCUT2D eigenvalue weighted by molar-refractivity contribution is 0.0318. The SMILES string of the molecule is CCCN=C(N)NCCOC1CCCCC1. The molecule has 0 aromatic carbocycles. The summed E-state index contributed by atoms with van der Waals surface area (Å²) in [5, 5.41) is 3.06. The first-order chi connectivity index (χ1) is 7.83. The molecule has 16 heavy (non-hydrogen) atoms. The van der Waals surface area contributed by atoms with Crippen LogP contribution in [0.15, 0.2) is 4.99 Å². The number of nitrogens with one attached hydrogen (secondary N) is 1. The third-order valence-electron chi connectivity index (χ3n) is 2.82. The van der Waals surface area contributed by atoms with Crippen LogP contribution in [0.3, 0.4) is 0 Å². The van der Waals surface area contributed by atoms with Crippen LogP contribution in [-0.2, 0) is 4.74 Å². The monoisotopic (exact) mass is 227 g/mol. The van der Waals surface area contributed by atoms with E-state index in [9.17, 15) is 0 Å². The van der Waals surface area contributed by atoms with Gasteiger partial charge in [0, 0.05) is 13.1 Å². The Labute approximate surface area is 98.6 Å². The second kappa shape index (κ2) is 8.39. The van der Waals surface area contributed by atoms with Gasteiger partial charge in [0.1, 0.15) is 0 Å². The number of guanidine groups is 1. The van der Waals surface area contributed by atoms with Gasteiger partial charge in [0.25, 0.3) is 0 Å². The highest BCUT2D eigenvalue weighted by atomic mass is 16.5. The minimum absolute atomic E-state index is 0.476. The summed E-state index contributed by atoms with van der Waals surface area (Å²) in [6, 6.07) is 0. The molecule has 4 nitrogen and oxygen atoms in total. The van der Waals surface area contributed by atoms with E-state index in [1.54, 1.807) is 0 Å². The largest absolute Gasteiger partial charge is 0.376 e. The van der Waals surface area contributed by atoms with Gasteiger partial charge in [0.2, 0.25) is 0 Å². The molecular formula is C12H25N3O. The minimum Gasteiger partial charge on any atom is -0.376 e. The number of hydrogen-bond acceptors (Lipinski definition) is 2. The van der Waals surface area contributed by atoms with Crippen LogP contribution in [0, 0.1) is 0 Å². The predicted molar refractivity (Wildman–Crippen MR) is 67.6 cm³/mol. The van der Waals surface area contributed by atoms with Crippen LogP contribution in [0.5, 0.6) is 0 Å². The van der Waals surface area contributed by atoms with E-state index in [4.69, 9.17) is 10.5 Å². The zero-order chi connectivity index (χ0) is 11.6. The summed E-state index contributed by atoms with van der Waals surface area (Å²) < 4.78 is 5.76. The van der Waals surface area contributed by atoms with E-state index in [1.165, 1.54) is 32.1 Å². The fourth-order valence-corrected chi connectivity index (χ4v) is 1.92. The Morgan fingerprint density at radius 2 is 2.12 bits per heavy atom. The maximum atomic E-state index is 5.76. The molecule has 0 spiro atoms. The topological polar surface area (TPSA) is 59.6 Å². The highest BCUT2D eigenvalue weighted by molar-refractivity contribution is 5.77. The zero-order valence-electron chi connectivity index (χ0n) is 10.4. The third-order valence-corrected chi connectivity index (χ3v) is 2.82. The van der Waals surface area contributed by atoms with Crippen LogP contribution in [0.2, 0.25) is 0 Å². The van der Waals surface area contributed by atoms with Crippen molar-refractivity contribution in [1.29, 1.82) is 0 Å². The van der Waals surface area contributed by atoms with Crippen LogP contribution >= 0.6 is 0 Å². The number of nitrogens with zero attached hydrogens (tertiary/aromatic N) is 1. The Hall–Kier alpha value is -0.770. The van der Waals surface area contributed by atoms with Crippen LogP contribution in [0.4, 0.5) is 0 Å². The van der Waals surface area contributed by atoms with Gasteiger partial charge in [-0.15, -0.1) is 0 Å². The lowest BCUT2D eigenvalue weighted by Crippen LogP contribution is -2.35.